The average molecular weight is 359 g/mol. The summed E-state index contributed by atoms with van der Waals surface area (Å²) in [5, 5.41) is 17.3. The Morgan fingerprint density at radius 1 is 1.23 bits per heavy atom. The molecule has 10 nitrogen and oxygen atoms in total. The van der Waals surface area contributed by atoms with E-state index in [0.717, 1.165) is 5.69 Å². The van der Waals surface area contributed by atoms with Crippen molar-refractivity contribution in [1.82, 2.24) is 29.8 Å². The lowest BCUT2D eigenvalue weighted by molar-refractivity contribution is 0.310. The van der Waals surface area contributed by atoms with Gasteiger partial charge in [-0.2, -0.15) is 0 Å². The summed E-state index contributed by atoms with van der Waals surface area (Å²) in [4.78, 5) is 16.5. The minimum absolute atomic E-state index is 0.212. The Labute approximate surface area is 149 Å². The number of rotatable bonds is 6. The van der Waals surface area contributed by atoms with Gasteiger partial charge in [-0.25, -0.2) is 19.3 Å². The summed E-state index contributed by atoms with van der Waals surface area (Å²) in [5.41, 5.74) is 0.696. The topological polar surface area (TPSA) is 119 Å². The number of aromatic amines is 1. The van der Waals surface area contributed by atoms with Gasteiger partial charge in [0.2, 0.25) is 17.4 Å². The molecule has 0 fully saturated rings. The van der Waals surface area contributed by atoms with Gasteiger partial charge in [-0.3, -0.25) is 0 Å². The SMILES string of the molecule is COc1ccc(OCCNc2nc(C(C)(C)C)cn3c(=O)[nH]nc23)nn1. The van der Waals surface area contributed by atoms with Crippen LogP contribution in [0.15, 0.2) is 23.1 Å². The number of methoxy groups -OCH3 is 1. The first kappa shape index (κ1) is 17.6. The lowest BCUT2D eigenvalue weighted by Gasteiger charge is -2.19. The number of hydrogen-bond donors (Lipinski definition) is 2. The molecule has 2 N–H and O–H groups in total. The first-order valence-corrected chi connectivity index (χ1v) is 8.11. The zero-order valence-corrected chi connectivity index (χ0v) is 15.1. The first-order chi connectivity index (χ1) is 12.4. The maximum absolute atomic E-state index is 11.9. The van der Waals surface area contributed by atoms with Gasteiger partial charge in [-0.15, -0.1) is 15.3 Å². The summed E-state index contributed by atoms with van der Waals surface area (Å²) in [6, 6.07) is 3.35. The van der Waals surface area contributed by atoms with E-state index in [1.54, 1.807) is 18.3 Å². The van der Waals surface area contributed by atoms with Crippen LogP contribution in [-0.4, -0.2) is 50.0 Å². The number of H-pyrrole nitrogens is 1. The van der Waals surface area contributed by atoms with E-state index in [4.69, 9.17) is 9.47 Å². The van der Waals surface area contributed by atoms with Gasteiger partial charge in [0.15, 0.2) is 5.82 Å². The highest BCUT2D eigenvalue weighted by molar-refractivity contribution is 5.62. The van der Waals surface area contributed by atoms with Gasteiger partial charge in [-0.05, 0) is 0 Å². The van der Waals surface area contributed by atoms with Crippen LogP contribution in [-0.2, 0) is 5.41 Å². The van der Waals surface area contributed by atoms with Crippen LogP contribution in [0.3, 0.4) is 0 Å². The molecule has 0 aliphatic carbocycles. The van der Waals surface area contributed by atoms with Crippen LogP contribution in [0.5, 0.6) is 11.8 Å². The zero-order valence-electron chi connectivity index (χ0n) is 15.1. The summed E-state index contributed by atoms with van der Waals surface area (Å²) in [5.74, 6) is 1.33. The van der Waals surface area contributed by atoms with E-state index in [9.17, 15) is 4.79 Å². The Balaban J connectivity index is 1.70. The fourth-order valence-corrected chi connectivity index (χ4v) is 2.21. The van der Waals surface area contributed by atoms with E-state index in [0.29, 0.717) is 36.4 Å². The highest BCUT2D eigenvalue weighted by Gasteiger charge is 2.19. The summed E-state index contributed by atoms with van der Waals surface area (Å²) < 4.78 is 11.9. The van der Waals surface area contributed by atoms with Gasteiger partial charge in [0.25, 0.3) is 0 Å². The Hall–Kier alpha value is -3.17. The molecule has 0 aliphatic rings. The molecular formula is C16H21N7O3. The number of nitrogens with one attached hydrogen (secondary N) is 2. The maximum atomic E-state index is 11.9. The molecule has 0 bridgehead atoms. The van der Waals surface area contributed by atoms with Crippen LogP contribution in [0.2, 0.25) is 0 Å². The largest absolute Gasteiger partial charge is 0.480 e. The Bertz CT molecular complexity index is 941. The predicted octanol–water partition coefficient (Wildman–Crippen LogP) is 1.00. The third kappa shape index (κ3) is 3.73. The third-order valence-electron chi connectivity index (χ3n) is 3.64. The Morgan fingerprint density at radius 3 is 2.62 bits per heavy atom. The summed E-state index contributed by atoms with van der Waals surface area (Å²) in [7, 11) is 1.52. The Morgan fingerprint density at radius 2 is 1.96 bits per heavy atom. The monoisotopic (exact) mass is 359 g/mol. The summed E-state index contributed by atoms with van der Waals surface area (Å²) >= 11 is 0. The minimum Gasteiger partial charge on any atom is -0.480 e. The van der Waals surface area contributed by atoms with Crippen molar-refractivity contribution in [2.45, 2.75) is 26.2 Å². The van der Waals surface area contributed by atoms with Crippen molar-refractivity contribution in [3.8, 4) is 11.8 Å². The molecule has 0 aromatic carbocycles. The van der Waals surface area contributed by atoms with E-state index in [-0.39, 0.29) is 11.1 Å². The number of aromatic nitrogens is 6. The van der Waals surface area contributed by atoms with Gasteiger partial charge < -0.3 is 14.8 Å². The van der Waals surface area contributed by atoms with Gasteiger partial charge in [0, 0.05) is 23.7 Å². The molecule has 10 heteroatoms. The number of hydrogen-bond acceptors (Lipinski definition) is 8. The third-order valence-corrected chi connectivity index (χ3v) is 3.64. The Kier molecular flexibility index (Phi) is 4.74. The quantitative estimate of drug-likeness (QED) is 0.626. The molecule has 0 unspecified atom stereocenters. The van der Waals surface area contributed by atoms with E-state index >= 15 is 0 Å². The molecule has 138 valence electrons. The number of fused-ring (bicyclic) bond motifs is 1. The molecule has 0 aliphatic heterocycles. The van der Waals surface area contributed by atoms with Crippen molar-refractivity contribution in [2.75, 3.05) is 25.6 Å². The lowest BCUT2D eigenvalue weighted by atomic mass is 9.93. The summed E-state index contributed by atoms with van der Waals surface area (Å²) in [6.07, 6.45) is 1.70. The maximum Gasteiger partial charge on any atom is 0.347 e. The van der Waals surface area contributed by atoms with Crippen LogP contribution >= 0.6 is 0 Å². The van der Waals surface area contributed by atoms with E-state index in [1.807, 2.05) is 20.8 Å². The molecule has 0 amide bonds. The van der Waals surface area contributed by atoms with Crippen LogP contribution in [0, 0.1) is 0 Å². The van der Waals surface area contributed by atoms with Crippen molar-refractivity contribution in [3.05, 3.63) is 34.5 Å². The van der Waals surface area contributed by atoms with E-state index in [2.05, 4.69) is 30.7 Å². The molecule has 3 aromatic rings. The molecule has 0 atom stereocenters. The van der Waals surface area contributed by atoms with Crippen LogP contribution < -0.4 is 20.5 Å². The van der Waals surface area contributed by atoms with Crippen molar-refractivity contribution in [3.63, 3.8) is 0 Å². The normalized spacial score (nSPS) is 11.5. The van der Waals surface area contributed by atoms with Crippen molar-refractivity contribution < 1.29 is 9.47 Å². The van der Waals surface area contributed by atoms with Crippen LogP contribution in [0.4, 0.5) is 5.82 Å². The smallest absolute Gasteiger partial charge is 0.347 e. The van der Waals surface area contributed by atoms with Crippen molar-refractivity contribution in [2.24, 2.45) is 0 Å². The van der Waals surface area contributed by atoms with Gasteiger partial charge >= 0.3 is 5.69 Å². The molecule has 3 heterocycles. The first-order valence-electron chi connectivity index (χ1n) is 8.11. The molecule has 0 radical (unpaired) electrons. The second-order valence-electron chi connectivity index (χ2n) is 6.64. The average Bonchev–Trinajstić information content (AvgIpc) is 3.00. The van der Waals surface area contributed by atoms with E-state index < -0.39 is 0 Å². The predicted molar refractivity (Wildman–Crippen MR) is 94.9 cm³/mol. The standard InChI is InChI=1S/C16H21N7O3/c1-16(2,3)10-9-23-14(21-22-15(23)24)13(18-10)17-7-8-26-12-6-5-11(25-4)19-20-12/h5-6,9H,7-8H2,1-4H3,(H,17,18)(H,22,24). The molecule has 0 spiro atoms. The molecule has 3 aromatic heterocycles. The second-order valence-corrected chi connectivity index (χ2v) is 6.64. The van der Waals surface area contributed by atoms with Gasteiger partial charge in [0.05, 0.1) is 19.3 Å². The van der Waals surface area contributed by atoms with Gasteiger partial charge in [0.1, 0.15) is 6.61 Å². The highest BCUT2D eigenvalue weighted by atomic mass is 16.5. The van der Waals surface area contributed by atoms with E-state index in [1.165, 1.54) is 11.5 Å². The van der Waals surface area contributed by atoms with Gasteiger partial charge in [-0.1, -0.05) is 20.8 Å². The molecule has 26 heavy (non-hydrogen) atoms. The zero-order chi connectivity index (χ0) is 18.7. The minimum atomic E-state index is -0.305. The number of anilines is 1. The summed E-state index contributed by atoms with van der Waals surface area (Å²) in [6.45, 7) is 6.87. The molecular weight excluding hydrogens is 338 g/mol. The molecule has 0 saturated carbocycles. The fourth-order valence-electron chi connectivity index (χ4n) is 2.21. The number of ether oxygens (including phenoxy) is 2. The number of nitrogens with zero attached hydrogens (tertiary/aromatic N) is 5. The van der Waals surface area contributed by atoms with Crippen LogP contribution in [0.25, 0.3) is 5.65 Å². The van der Waals surface area contributed by atoms with Crippen molar-refractivity contribution in [1.29, 1.82) is 0 Å². The molecule has 3 rings (SSSR count). The lowest BCUT2D eigenvalue weighted by Crippen LogP contribution is -2.21. The fraction of sp³-hybridized carbons (Fsp3) is 0.438. The molecule has 0 saturated heterocycles. The second kappa shape index (κ2) is 6.98. The highest BCUT2D eigenvalue weighted by Crippen LogP contribution is 2.22. The van der Waals surface area contributed by atoms with Crippen molar-refractivity contribution >= 4 is 11.5 Å². The van der Waals surface area contributed by atoms with Crippen LogP contribution in [0.1, 0.15) is 26.5 Å².